The Kier molecular flexibility index (Phi) is 6.30. The van der Waals surface area contributed by atoms with E-state index in [1.807, 2.05) is 12.1 Å². The normalized spacial score (nSPS) is 21.9. The predicted octanol–water partition coefficient (Wildman–Crippen LogP) is 3.60. The zero-order valence-electron chi connectivity index (χ0n) is 11.8. The number of hydrogen-bond acceptors (Lipinski definition) is 3. The monoisotopic (exact) mass is 360 g/mol. The Balaban J connectivity index is 2.14. The Morgan fingerprint density at radius 2 is 2.35 bits per heavy atom. The molecule has 112 valence electrons. The molecule has 0 amide bonds. The van der Waals surface area contributed by atoms with Crippen molar-refractivity contribution in [2.45, 2.75) is 31.9 Å². The molecule has 2 atom stereocenters. The highest BCUT2D eigenvalue weighted by molar-refractivity contribution is 9.10. The Labute approximate surface area is 134 Å². The van der Waals surface area contributed by atoms with Crippen molar-refractivity contribution in [1.29, 1.82) is 0 Å². The van der Waals surface area contributed by atoms with Gasteiger partial charge < -0.3 is 10.5 Å². The second kappa shape index (κ2) is 7.76. The van der Waals surface area contributed by atoms with E-state index in [0.29, 0.717) is 12.6 Å². The van der Waals surface area contributed by atoms with Gasteiger partial charge in [-0.1, -0.05) is 33.6 Å². The summed E-state index contributed by atoms with van der Waals surface area (Å²) >= 11 is 9.62. The quantitative estimate of drug-likeness (QED) is 0.871. The highest BCUT2D eigenvalue weighted by Crippen LogP contribution is 2.31. The molecule has 0 spiro atoms. The van der Waals surface area contributed by atoms with Gasteiger partial charge in [-0.2, -0.15) is 0 Å². The summed E-state index contributed by atoms with van der Waals surface area (Å²) in [6.07, 6.45) is 2.63. The third-order valence-electron chi connectivity index (χ3n) is 3.80. The molecule has 0 aromatic heterocycles. The highest BCUT2D eigenvalue weighted by Gasteiger charge is 2.27. The van der Waals surface area contributed by atoms with Crippen LogP contribution < -0.4 is 5.73 Å². The standard InChI is InChI=1S/C15H22BrClN2O/c1-2-20-12-4-3-7-19(10-12)15(9-18)13-6-5-11(17)8-14(13)16/h5-6,8,12,15H,2-4,7,9-10,18H2,1H3. The summed E-state index contributed by atoms with van der Waals surface area (Å²) in [5.74, 6) is 0. The molecule has 20 heavy (non-hydrogen) atoms. The Morgan fingerprint density at radius 1 is 1.55 bits per heavy atom. The summed E-state index contributed by atoms with van der Waals surface area (Å²) in [6.45, 7) is 5.44. The summed E-state index contributed by atoms with van der Waals surface area (Å²) in [4.78, 5) is 2.43. The lowest BCUT2D eigenvalue weighted by molar-refractivity contribution is -0.00668. The second-order valence-corrected chi connectivity index (χ2v) is 6.42. The van der Waals surface area contributed by atoms with E-state index < -0.39 is 0 Å². The van der Waals surface area contributed by atoms with Crippen LogP contribution in [0.3, 0.4) is 0 Å². The molecule has 2 rings (SSSR count). The van der Waals surface area contributed by atoms with Crippen molar-refractivity contribution in [3.8, 4) is 0 Å². The molecule has 1 aliphatic heterocycles. The average molecular weight is 362 g/mol. The van der Waals surface area contributed by atoms with E-state index in [4.69, 9.17) is 22.1 Å². The summed E-state index contributed by atoms with van der Waals surface area (Å²) in [5.41, 5.74) is 7.23. The van der Waals surface area contributed by atoms with E-state index in [9.17, 15) is 0 Å². The molecule has 0 bridgehead atoms. The van der Waals surface area contributed by atoms with Gasteiger partial charge in [-0.05, 0) is 44.0 Å². The molecule has 1 saturated heterocycles. The van der Waals surface area contributed by atoms with Gasteiger partial charge in [0, 0.05) is 35.2 Å². The first kappa shape index (κ1) is 16.2. The van der Waals surface area contributed by atoms with Crippen molar-refractivity contribution in [3.05, 3.63) is 33.3 Å². The van der Waals surface area contributed by atoms with Gasteiger partial charge in [-0.25, -0.2) is 0 Å². The van der Waals surface area contributed by atoms with Crippen molar-refractivity contribution in [1.82, 2.24) is 4.90 Å². The van der Waals surface area contributed by atoms with Gasteiger partial charge in [0.05, 0.1) is 6.10 Å². The third-order valence-corrected chi connectivity index (χ3v) is 4.72. The molecule has 3 nitrogen and oxygen atoms in total. The fraction of sp³-hybridized carbons (Fsp3) is 0.600. The molecular formula is C15H22BrClN2O. The van der Waals surface area contributed by atoms with Crippen molar-refractivity contribution in [2.75, 3.05) is 26.2 Å². The van der Waals surface area contributed by atoms with Crippen LogP contribution in [0.4, 0.5) is 0 Å². The van der Waals surface area contributed by atoms with Gasteiger partial charge in [0.1, 0.15) is 0 Å². The molecule has 1 aliphatic rings. The number of halogens is 2. The maximum Gasteiger partial charge on any atom is 0.0702 e. The Bertz CT molecular complexity index is 442. The van der Waals surface area contributed by atoms with E-state index >= 15 is 0 Å². The van der Waals surface area contributed by atoms with E-state index in [-0.39, 0.29) is 6.04 Å². The van der Waals surface area contributed by atoms with Gasteiger partial charge in [0.25, 0.3) is 0 Å². The van der Waals surface area contributed by atoms with Crippen molar-refractivity contribution in [2.24, 2.45) is 5.73 Å². The molecule has 1 fully saturated rings. The minimum Gasteiger partial charge on any atom is -0.377 e. The average Bonchev–Trinajstić information content (AvgIpc) is 2.43. The van der Waals surface area contributed by atoms with Crippen LogP contribution in [0.25, 0.3) is 0 Å². The molecular weight excluding hydrogens is 340 g/mol. The minimum atomic E-state index is 0.213. The summed E-state index contributed by atoms with van der Waals surface area (Å²) in [5, 5.41) is 0.738. The largest absolute Gasteiger partial charge is 0.377 e. The third kappa shape index (κ3) is 3.95. The lowest BCUT2D eigenvalue weighted by Crippen LogP contribution is -2.44. The number of benzene rings is 1. The fourth-order valence-electron chi connectivity index (χ4n) is 2.87. The van der Waals surface area contributed by atoms with Crippen molar-refractivity contribution < 1.29 is 4.74 Å². The molecule has 0 radical (unpaired) electrons. The number of rotatable bonds is 5. The molecule has 5 heteroatoms. The SMILES string of the molecule is CCOC1CCCN(C(CN)c2ccc(Cl)cc2Br)C1. The zero-order valence-corrected chi connectivity index (χ0v) is 14.2. The highest BCUT2D eigenvalue weighted by atomic mass is 79.9. The molecule has 1 aromatic rings. The first-order valence-electron chi connectivity index (χ1n) is 7.16. The van der Waals surface area contributed by atoms with Crippen LogP contribution in [0.1, 0.15) is 31.4 Å². The summed E-state index contributed by atoms with van der Waals surface area (Å²) < 4.78 is 6.80. The second-order valence-electron chi connectivity index (χ2n) is 5.13. The van der Waals surface area contributed by atoms with Crippen LogP contribution in [0.2, 0.25) is 5.02 Å². The van der Waals surface area contributed by atoms with E-state index in [1.54, 1.807) is 0 Å². The predicted molar refractivity (Wildman–Crippen MR) is 87.2 cm³/mol. The topological polar surface area (TPSA) is 38.5 Å². The molecule has 2 N–H and O–H groups in total. The molecule has 0 saturated carbocycles. The van der Waals surface area contributed by atoms with Crippen molar-refractivity contribution in [3.63, 3.8) is 0 Å². The number of likely N-dealkylation sites (tertiary alicyclic amines) is 1. The van der Waals surface area contributed by atoms with Crippen LogP contribution in [-0.4, -0.2) is 37.2 Å². The number of piperidine rings is 1. The smallest absolute Gasteiger partial charge is 0.0702 e. The maximum atomic E-state index is 6.03. The molecule has 0 aliphatic carbocycles. The number of nitrogens with two attached hydrogens (primary N) is 1. The number of nitrogens with zero attached hydrogens (tertiary/aromatic N) is 1. The van der Waals surface area contributed by atoms with Gasteiger partial charge in [0.15, 0.2) is 0 Å². The van der Waals surface area contributed by atoms with Gasteiger partial charge in [0.2, 0.25) is 0 Å². The van der Waals surface area contributed by atoms with Crippen LogP contribution in [0.15, 0.2) is 22.7 Å². The first-order valence-corrected chi connectivity index (χ1v) is 8.33. The van der Waals surface area contributed by atoms with Gasteiger partial charge in [-0.15, -0.1) is 0 Å². The van der Waals surface area contributed by atoms with Crippen LogP contribution in [0.5, 0.6) is 0 Å². The molecule has 1 heterocycles. The fourth-order valence-corrected chi connectivity index (χ4v) is 3.81. The van der Waals surface area contributed by atoms with Crippen LogP contribution in [-0.2, 0) is 4.74 Å². The Morgan fingerprint density at radius 3 is 3.00 bits per heavy atom. The summed E-state index contributed by atoms with van der Waals surface area (Å²) in [7, 11) is 0. The number of hydrogen-bond donors (Lipinski definition) is 1. The first-order chi connectivity index (χ1) is 9.65. The molecule has 2 unspecified atom stereocenters. The van der Waals surface area contributed by atoms with Gasteiger partial charge in [-0.3, -0.25) is 4.90 Å². The van der Waals surface area contributed by atoms with Crippen LogP contribution in [0, 0.1) is 0 Å². The zero-order chi connectivity index (χ0) is 14.5. The maximum absolute atomic E-state index is 6.03. The minimum absolute atomic E-state index is 0.213. The van der Waals surface area contributed by atoms with Gasteiger partial charge >= 0.3 is 0 Å². The molecule has 1 aromatic carbocycles. The Hall–Kier alpha value is -0.130. The number of ether oxygens (including phenoxy) is 1. The lowest BCUT2D eigenvalue weighted by Gasteiger charge is -2.38. The van der Waals surface area contributed by atoms with Crippen LogP contribution >= 0.6 is 27.5 Å². The van der Waals surface area contributed by atoms with E-state index in [2.05, 4.69) is 33.8 Å². The summed E-state index contributed by atoms with van der Waals surface area (Å²) in [6, 6.07) is 6.14. The van der Waals surface area contributed by atoms with E-state index in [0.717, 1.165) is 42.0 Å². The van der Waals surface area contributed by atoms with E-state index in [1.165, 1.54) is 5.56 Å². The van der Waals surface area contributed by atoms with Crippen molar-refractivity contribution >= 4 is 27.5 Å². The lowest BCUT2D eigenvalue weighted by atomic mass is 10.0.